The molecule has 2 aromatic heterocycles. The Labute approximate surface area is 98.1 Å². The molecule has 0 N–H and O–H groups in total. The molecule has 0 saturated heterocycles. The van der Waals surface area contributed by atoms with Gasteiger partial charge in [-0.25, -0.2) is 0 Å². The van der Waals surface area contributed by atoms with Crippen LogP contribution in [-0.2, 0) is 5.75 Å². The average Bonchev–Trinajstić information content (AvgIpc) is 2.70. The summed E-state index contributed by atoms with van der Waals surface area (Å²) in [6.45, 7) is 0. The van der Waals surface area contributed by atoms with E-state index in [0.717, 1.165) is 20.3 Å². The van der Waals surface area contributed by atoms with Crippen LogP contribution in [0.15, 0.2) is 32.7 Å². The molecule has 3 nitrogen and oxygen atoms in total. The van der Waals surface area contributed by atoms with Crippen molar-refractivity contribution in [2.45, 2.75) is 10.1 Å². The van der Waals surface area contributed by atoms with Crippen LogP contribution in [0.2, 0.25) is 0 Å². The van der Waals surface area contributed by atoms with Crippen LogP contribution in [0.1, 0.15) is 5.69 Å². The topological polar surface area (TPSA) is 38.7 Å². The summed E-state index contributed by atoms with van der Waals surface area (Å²) in [4.78, 5) is 4.27. The fraction of sp³-hybridized carbons (Fsp3) is 0.125. The van der Waals surface area contributed by atoms with Gasteiger partial charge in [-0.1, -0.05) is 23.1 Å². The van der Waals surface area contributed by atoms with E-state index >= 15 is 0 Å². The zero-order valence-corrected chi connectivity index (χ0v) is 10.3. The van der Waals surface area contributed by atoms with Crippen LogP contribution in [0, 0.1) is 0 Å². The van der Waals surface area contributed by atoms with Gasteiger partial charge in [0.25, 0.3) is 0 Å². The van der Waals surface area contributed by atoms with Crippen molar-refractivity contribution in [3.05, 3.63) is 34.0 Å². The Bertz CT molecular complexity index is 387. The third kappa shape index (κ3) is 2.76. The lowest BCUT2D eigenvalue weighted by molar-refractivity contribution is 1.01. The van der Waals surface area contributed by atoms with Crippen molar-refractivity contribution >= 4 is 39.0 Å². The smallest absolute Gasteiger partial charge is 0.174 e. The summed E-state index contributed by atoms with van der Waals surface area (Å²) in [5.41, 5.74) is 2.78. The zero-order chi connectivity index (χ0) is 9.80. The molecule has 72 valence electrons. The zero-order valence-electron chi connectivity index (χ0n) is 7.05. The molecular weight excluding hydrogens is 282 g/mol. The number of pyridine rings is 1. The van der Waals surface area contributed by atoms with Crippen molar-refractivity contribution < 1.29 is 0 Å². The van der Waals surface area contributed by atoms with Gasteiger partial charge in [-0.3, -0.25) is 4.98 Å². The second kappa shape index (κ2) is 4.86. The minimum Gasteiger partial charge on any atom is -0.259 e. The summed E-state index contributed by atoms with van der Waals surface area (Å²) >= 11 is 6.55. The molecule has 2 heterocycles. The number of halogens is 1. The summed E-state index contributed by atoms with van der Waals surface area (Å²) in [6.07, 6.45) is 1.80. The van der Waals surface area contributed by atoms with Gasteiger partial charge in [0.05, 0.1) is 5.69 Å². The predicted octanol–water partition coefficient (Wildman–Crippen LogP) is 2.99. The monoisotopic (exact) mass is 287 g/mol. The molecule has 0 aliphatic rings. The van der Waals surface area contributed by atoms with Gasteiger partial charge < -0.3 is 0 Å². The molecule has 0 bridgehead atoms. The molecule has 2 aromatic rings. The highest BCUT2D eigenvalue weighted by atomic mass is 79.9. The summed E-state index contributed by atoms with van der Waals surface area (Å²) < 4.78 is 1.98. The van der Waals surface area contributed by atoms with Crippen LogP contribution in [0.4, 0.5) is 0 Å². The average molecular weight is 288 g/mol. The second-order valence-corrected chi connectivity index (χ2v) is 5.43. The standard InChI is InChI=1S/C8H6BrN3S2/c9-6-1-2-7(10-3-6)4-13-8-12-11-5-14-8/h1-3,5H,4H2. The molecule has 0 radical (unpaired) electrons. The van der Waals surface area contributed by atoms with Gasteiger partial charge in [0, 0.05) is 16.4 Å². The molecule has 0 aliphatic heterocycles. The number of hydrogen-bond acceptors (Lipinski definition) is 5. The third-order valence-corrected chi connectivity index (χ3v) is 3.84. The lowest BCUT2D eigenvalue weighted by atomic mass is 10.4. The maximum Gasteiger partial charge on any atom is 0.174 e. The lowest BCUT2D eigenvalue weighted by Gasteiger charge is -1.97. The normalized spacial score (nSPS) is 10.4. The van der Waals surface area contributed by atoms with E-state index in [1.807, 2.05) is 12.1 Å². The third-order valence-electron chi connectivity index (χ3n) is 1.47. The number of hydrogen-bond donors (Lipinski definition) is 0. The Morgan fingerprint density at radius 1 is 1.43 bits per heavy atom. The van der Waals surface area contributed by atoms with Crippen molar-refractivity contribution in [3.8, 4) is 0 Å². The van der Waals surface area contributed by atoms with Gasteiger partial charge in [-0.05, 0) is 28.1 Å². The minimum absolute atomic E-state index is 0.836. The predicted molar refractivity (Wildman–Crippen MR) is 61.4 cm³/mol. The van der Waals surface area contributed by atoms with Gasteiger partial charge in [-0.15, -0.1) is 10.2 Å². The largest absolute Gasteiger partial charge is 0.259 e. The molecule has 0 aliphatic carbocycles. The van der Waals surface area contributed by atoms with Crippen LogP contribution in [-0.4, -0.2) is 15.2 Å². The summed E-state index contributed by atoms with van der Waals surface area (Å²) in [5, 5.41) is 7.71. The van der Waals surface area contributed by atoms with Gasteiger partial charge in [0.15, 0.2) is 4.34 Å². The summed E-state index contributed by atoms with van der Waals surface area (Å²) in [6, 6.07) is 3.99. The molecule has 0 spiro atoms. The number of rotatable bonds is 3. The molecular formula is C8H6BrN3S2. The number of thioether (sulfide) groups is 1. The molecule has 0 amide bonds. The maximum absolute atomic E-state index is 4.27. The van der Waals surface area contributed by atoms with Gasteiger partial charge >= 0.3 is 0 Å². The van der Waals surface area contributed by atoms with Crippen LogP contribution >= 0.6 is 39.0 Å². The molecule has 0 atom stereocenters. The van der Waals surface area contributed by atoms with Crippen LogP contribution in [0.25, 0.3) is 0 Å². The maximum atomic E-state index is 4.27. The van der Waals surface area contributed by atoms with E-state index in [9.17, 15) is 0 Å². The van der Waals surface area contributed by atoms with Crippen molar-refractivity contribution in [2.75, 3.05) is 0 Å². The van der Waals surface area contributed by atoms with E-state index in [1.54, 1.807) is 34.8 Å². The first kappa shape index (κ1) is 10.1. The van der Waals surface area contributed by atoms with E-state index in [2.05, 4.69) is 31.1 Å². The van der Waals surface area contributed by atoms with Gasteiger partial charge in [0.2, 0.25) is 0 Å². The molecule has 0 fully saturated rings. The number of nitrogens with zero attached hydrogens (tertiary/aromatic N) is 3. The Morgan fingerprint density at radius 3 is 3.00 bits per heavy atom. The van der Waals surface area contributed by atoms with Crippen molar-refractivity contribution in [1.82, 2.24) is 15.2 Å². The van der Waals surface area contributed by atoms with Crippen LogP contribution in [0.3, 0.4) is 0 Å². The van der Waals surface area contributed by atoms with E-state index in [1.165, 1.54) is 0 Å². The Kier molecular flexibility index (Phi) is 3.49. The molecule has 0 unspecified atom stereocenters. The highest BCUT2D eigenvalue weighted by molar-refractivity contribution is 9.10. The first-order valence-corrected chi connectivity index (χ1v) is 6.50. The highest BCUT2D eigenvalue weighted by Crippen LogP contribution is 2.22. The summed E-state index contributed by atoms with van der Waals surface area (Å²) in [7, 11) is 0. The van der Waals surface area contributed by atoms with Crippen LogP contribution < -0.4 is 0 Å². The van der Waals surface area contributed by atoms with E-state index in [0.29, 0.717) is 0 Å². The molecule has 6 heteroatoms. The Balaban J connectivity index is 1.95. The summed E-state index contributed by atoms with van der Waals surface area (Å²) in [5.74, 6) is 0.836. The first-order valence-electron chi connectivity index (χ1n) is 3.84. The SMILES string of the molecule is Brc1ccc(CSc2nncs2)nc1. The minimum atomic E-state index is 0.836. The van der Waals surface area contributed by atoms with E-state index < -0.39 is 0 Å². The molecule has 14 heavy (non-hydrogen) atoms. The molecule has 0 aromatic carbocycles. The highest BCUT2D eigenvalue weighted by Gasteiger charge is 1.99. The second-order valence-electron chi connectivity index (χ2n) is 2.46. The van der Waals surface area contributed by atoms with Crippen molar-refractivity contribution in [3.63, 3.8) is 0 Å². The molecule has 2 rings (SSSR count). The fourth-order valence-corrected chi connectivity index (χ4v) is 2.49. The quantitative estimate of drug-likeness (QED) is 0.814. The number of aromatic nitrogens is 3. The van der Waals surface area contributed by atoms with Crippen molar-refractivity contribution in [1.29, 1.82) is 0 Å². The first-order chi connectivity index (χ1) is 6.84. The lowest BCUT2D eigenvalue weighted by Crippen LogP contribution is -1.85. The van der Waals surface area contributed by atoms with Gasteiger partial charge in [0.1, 0.15) is 5.51 Å². The van der Waals surface area contributed by atoms with E-state index in [4.69, 9.17) is 0 Å². The van der Waals surface area contributed by atoms with Crippen molar-refractivity contribution in [2.24, 2.45) is 0 Å². The molecule has 0 saturated carbocycles. The van der Waals surface area contributed by atoms with Gasteiger partial charge in [-0.2, -0.15) is 0 Å². The van der Waals surface area contributed by atoms with Crippen LogP contribution in [0.5, 0.6) is 0 Å². The Morgan fingerprint density at radius 2 is 2.36 bits per heavy atom. The van der Waals surface area contributed by atoms with E-state index in [-0.39, 0.29) is 0 Å². The Hall–Kier alpha value is -0.460. The fourth-order valence-electron chi connectivity index (χ4n) is 0.853.